The van der Waals surface area contributed by atoms with E-state index in [1.165, 1.54) is 0 Å². The van der Waals surface area contributed by atoms with Gasteiger partial charge in [0.1, 0.15) is 0 Å². The summed E-state index contributed by atoms with van der Waals surface area (Å²) in [5.41, 5.74) is 1.22. The summed E-state index contributed by atoms with van der Waals surface area (Å²) in [6.45, 7) is 2.53. The third-order valence-electron chi connectivity index (χ3n) is 2.21. The Morgan fingerprint density at radius 2 is 2.25 bits per heavy atom. The number of aliphatic hydroxyl groups is 1. The van der Waals surface area contributed by atoms with Crippen LogP contribution in [0.4, 0.5) is 0 Å². The van der Waals surface area contributed by atoms with Gasteiger partial charge in [0.25, 0.3) is 0 Å². The van der Waals surface area contributed by atoms with Crippen molar-refractivity contribution in [3.63, 3.8) is 0 Å². The molecule has 0 amide bonds. The fourth-order valence-electron chi connectivity index (χ4n) is 1.17. The van der Waals surface area contributed by atoms with Gasteiger partial charge in [0.2, 0.25) is 0 Å². The van der Waals surface area contributed by atoms with Gasteiger partial charge in [-0.25, -0.2) is 4.79 Å². The Bertz CT molecular complexity index is 381. The molecule has 0 aromatic heterocycles. The second-order valence-electron chi connectivity index (χ2n) is 3.58. The van der Waals surface area contributed by atoms with Crippen LogP contribution in [0.5, 0.6) is 0 Å². The number of hydrogen-bond acceptors (Lipinski definition) is 3. The Balaban J connectivity index is 2.72. The highest BCUT2D eigenvalue weighted by atomic mass is 79.9. The van der Waals surface area contributed by atoms with E-state index in [1.54, 1.807) is 18.2 Å². The first-order valence-corrected chi connectivity index (χ1v) is 5.70. The van der Waals surface area contributed by atoms with E-state index in [2.05, 4.69) is 21.2 Å². The van der Waals surface area contributed by atoms with Gasteiger partial charge in [-0.3, -0.25) is 0 Å². The zero-order valence-electron chi connectivity index (χ0n) is 8.90. The van der Waals surface area contributed by atoms with Crippen molar-refractivity contribution in [1.29, 1.82) is 0 Å². The molecule has 3 N–H and O–H groups in total. The van der Waals surface area contributed by atoms with Crippen molar-refractivity contribution < 1.29 is 15.0 Å². The van der Waals surface area contributed by atoms with Crippen LogP contribution in [0.1, 0.15) is 22.8 Å². The van der Waals surface area contributed by atoms with Crippen molar-refractivity contribution in [1.82, 2.24) is 5.32 Å². The Morgan fingerprint density at radius 1 is 1.56 bits per heavy atom. The number of carboxylic acid groups (broad SMARTS) is 1. The summed E-state index contributed by atoms with van der Waals surface area (Å²) >= 11 is 3.32. The van der Waals surface area contributed by atoms with E-state index < -0.39 is 5.97 Å². The van der Waals surface area contributed by atoms with E-state index in [0.717, 1.165) is 10.0 Å². The van der Waals surface area contributed by atoms with E-state index in [1.807, 2.05) is 6.92 Å². The minimum Gasteiger partial charge on any atom is -0.478 e. The molecule has 0 aliphatic rings. The molecule has 0 spiro atoms. The molecule has 0 saturated heterocycles. The smallest absolute Gasteiger partial charge is 0.335 e. The highest BCUT2D eigenvalue weighted by Crippen LogP contribution is 2.18. The zero-order valence-corrected chi connectivity index (χ0v) is 10.5. The van der Waals surface area contributed by atoms with Crippen molar-refractivity contribution in [2.24, 2.45) is 0 Å². The Labute approximate surface area is 102 Å². The quantitative estimate of drug-likeness (QED) is 0.770. The molecule has 0 aliphatic carbocycles. The molecule has 1 aromatic carbocycles. The Kier molecular flexibility index (Phi) is 4.92. The van der Waals surface area contributed by atoms with Crippen LogP contribution in [-0.2, 0) is 6.54 Å². The van der Waals surface area contributed by atoms with Gasteiger partial charge in [0.05, 0.1) is 12.2 Å². The summed E-state index contributed by atoms with van der Waals surface area (Å²) in [6, 6.07) is 4.91. The number of aliphatic hydroxyl groups excluding tert-OH is 1. The summed E-state index contributed by atoms with van der Waals surface area (Å²) < 4.78 is 0.755. The fraction of sp³-hybridized carbons (Fsp3) is 0.364. The van der Waals surface area contributed by atoms with E-state index in [9.17, 15) is 4.79 Å². The molecular formula is C11H14BrNO3. The normalized spacial score (nSPS) is 12.4. The maximum atomic E-state index is 10.7. The van der Waals surface area contributed by atoms with Crippen molar-refractivity contribution in [2.45, 2.75) is 19.5 Å². The number of nitrogens with one attached hydrogen (secondary N) is 1. The molecular weight excluding hydrogens is 274 g/mol. The average molecular weight is 288 g/mol. The van der Waals surface area contributed by atoms with E-state index in [4.69, 9.17) is 10.2 Å². The summed E-state index contributed by atoms with van der Waals surface area (Å²) in [4.78, 5) is 10.7. The molecule has 1 aromatic rings. The number of benzene rings is 1. The molecule has 0 radical (unpaired) electrons. The van der Waals surface area contributed by atoms with Crippen LogP contribution in [0.3, 0.4) is 0 Å². The maximum Gasteiger partial charge on any atom is 0.335 e. The lowest BCUT2D eigenvalue weighted by atomic mass is 10.1. The summed E-state index contributed by atoms with van der Waals surface area (Å²) in [5.74, 6) is -0.941. The van der Waals surface area contributed by atoms with Gasteiger partial charge in [0.15, 0.2) is 0 Å². The number of carbonyl (C=O) groups is 1. The number of aromatic carboxylic acids is 1. The van der Waals surface area contributed by atoms with Crippen molar-refractivity contribution in [3.8, 4) is 0 Å². The first kappa shape index (κ1) is 13.2. The summed E-state index contributed by atoms with van der Waals surface area (Å²) in [6.07, 6.45) is 0. The first-order valence-electron chi connectivity index (χ1n) is 4.90. The topological polar surface area (TPSA) is 69.6 Å². The van der Waals surface area contributed by atoms with Crippen LogP contribution >= 0.6 is 15.9 Å². The number of carboxylic acids is 1. The maximum absolute atomic E-state index is 10.7. The van der Waals surface area contributed by atoms with Gasteiger partial charge < -0.3 is 15.5 Å². The van der Waals surface area contributed by atoms with Crippen molar-refractivity contribution in [2.75, 3.05) is 6.61 Å². The highest BCUT2D eigenvalue weighted by Gasteiger charge is 2.07. The van der Waals surface area contributed by atoms with Crippen LogP contribution < -0.4 is 5.32 Å². The fourth-order valence-corrected chi connectivity index (χ4v) is 1.69. The molecule has 0 aliphatic heterocycles. The first-order chi connectivity index (χ1) is 7.54. The second kappa shape index (κ2) is 5.98. The highest BCUT2D eigenvalue weighted by molar-refractivity contribution is 9.10. The van der Waals surface area contributed by atoms with E-state index in [-0.39, 0.29) is 18.2 Å². The van der Waals surface area contributed by atoms with Crippen LogP contribution in [0.15, 0.2) is 22.7 Å². The Morgan fingerprint density at radius 3 is 2.75 bits per heavy atom. The third kappa shape index (κ3) is 3.59. The van der Waals surface area contributed by atoms with Gasteiger partial charge in [-0.05, 0) is 24.6 Å². The van der Waals surface area contributed by atoms with Crippen LogP contribution in [-0.4, -0.2) is 28.8 Å². The third-order valence-corrected chi connectivity index (χ3v) is 2.95. The van der Waals surface area contributed by atoms with Crippen molar-refractivity contribution in [3.05, 3.63) is 33.8 Å². The second-order valence-corrected chi connectivity index (χ2v) is 4.43. The zero-order chi connectivity index (χ0) is 12.1. The largest absolute Gasteiger partial charge is 0.478 e. The molecule has 1 unspecified atom stereocenters. The lowest BCUT2D eigenvalue weighted by Crippen LogP contribution is -2.28. The molecule has 5 heteroatoms. The molecule has 0 saturated carbocycles. The van der Waals surface area contributed by atoms with Crippen molar-refractivity contribution >= 4 is 21.9 Å². The molecule has 16 heavy (non-hydrogen) atoms. The Hall–Kier alpha value is -0.910. The van der Waals surface area contributed by atoms with Gasteiger partial charge in [-0.2, -0.15) is 0 Å². The molecule has 88 valence electrons. The molecule has 1 rings (SSSR count). The van der Waals surface area contributed by atoms with Crippen LogP contribution in [0.25, 0.3) is 0 Å². The number of halogens is 1. The van der Waals surface area contributed by atoms with Gasteiger partial charge >= 0.3 is 5.97 Å². The lowest BCUT2D eigenvalue weighted by molar-refractivity contribution is 0.0697. The monoisotopic (exact) mass is 287 g/mol. The number of hydrogen-bond donors (Lipinski definition) is 3. The summed E-state index contributed by atoms with van der Waals surface area (Å²) in [7, 11) is 0. The standard InChI is InChI=1S/C11H14BrNO3/c1-7(6-14)13-5-9-3-2-8(11(15)16)4-10(9)12/h2-4,7,13-14H,5-6H2,1H3,(H,15,16). The molecule has 0 heterocycles. The van der Waals surface area contributed by atoms with Crippen LogP contribution in [0, 0.1) is 0 Å². The predicted molar refractivity (Wildman–Crippen MR) is 64.5 cm³/mol. The lowest BCUT2D eigenvalue weighted by Gasteiger charge is -2.12. The molecule has 4 nitrogen and oxygen atoms in total. The van der Waals surface area contributed by atoms with E-state index >= 15 is 0 Å². The molecule has 0 fully saturated rings. The van der Waals surface area contributed by atoms with E-state index in [0.29, 0.717) is 6.54 Å². The summed E-state index contributed by atoms with van der Waals surface area (Å²) in [5, 5.41) is 20.7. The average Bonchev–Trinajstić information content (AvgIpc) is 2.26. The molecule has 1 atom stereocenters. The number of rotatable bonds is 5. The van der Waals surface area contributed by atoms with Gasteiger partial charge in [-0.1, -0.05) is 22.0 Å². The minimum atomic E-state index is -0.941. The minimum absolute atomic E-state index is 0.0195. The van der Waals surface area contributed by atoms with Gasteiger partial charge in [-0.15, -0.1) is 0 Å². The van der Waals surface area contributed by atoms with Gasteiger partial charge in [0, 0.05) is 17.1 Å². The molecule has 0 bridgehead atoms. The van der Waals surface area contributed by atoms with Crippen LogP contribution in [0.2, 0.25) is 0 Å². The predicted octanol–water partition coefficient (Wildman–Crippen LogP) is 1.62. The SMILES string of the molecule is CC(CO)NCc1ccc(C(=O)O)cc1Br.